The molecular formula is C15H13ClF3N3O2S. The topological polar surface area (TPSA) is 64.1 Å². The summed E-state index contributed by atoms with van der Waals surface area (Å²) in [5.74, 6) is 0.477. The Kier molecular flexibility index (Phi) is 6.49. The zero-order valence-corrected chi connectivity index (χ0v) is 14.5. The van der Waals surface area contributed by atoms with Crippen LogP contribution in [-0.4, -0.2) is 35.3 Å². The lowest BCUT2D eigenvalue weighted by atomic mass is 10.2. The van der Waals surface area contributed by atoms with Gasteiger partial charge in [-0.3, -0.25) is 4.79 Å². The van der Waals surface area contributed by atoms with Gasteiger partial charge in [-0.2, -0.15) is 13.2 Å². The van der Waals surface area contributed by atoms with Gasteiger partial charge in [-0.25, -0.2) is 9.97 Å². The van der Waals surface area contributed by atoms with Crippen molar-refractivity contribution in [1.82, 2.24) is 15.3 Å². The van der Waals surface area contributed by atoms with E-state index in [1.807, 2.05) is 0 Å². The molecule has 134 valence electrons. The second kappa shape index (κ2) is 8.39. The van der Waals surface area contributed by atoms with Crippen molar-refractivity contribution in [2.75, 3.05) is 19.4 Å². The molecule has 0 bridgehead atoms. The smallest absolute Gasteiger partial charge is 0.417 e. The molecule has 25 heavy (non-hydrogen) atoms. The van der Waals surface area contributed by atoms with Crippen molar-refractivity contribution in [3.63, 3.8) is 0 Å². The van der Waals surface area contributed by atoms with Crippen molar-refractivity contribution >= 4 is 29.3 Å². The van der Waals surface area contributed by atoms with Crippen LogP contribution in [0.5, 0.6) is 5.88 Å². The van der Waals surface area contributed by atoms with Crippen molar-refractivity contribution in [2.45, 2.75) is 11.2 Å². The van der Waals surface area contributed by atoms with Crippen LogP contribution in [0.1, 0.15) is 15.9 Å². The van der Waals surface area contributed by atoms with Gasteiger partial charge in [-0.05, 0) is 12.1 Å². The van der Waals surface area contributed by atoms with E-state index in [1.54, 1.807) is 12.1 Å². The van der Waals surface area contributed by atoms with E-state index in [4.69, 9.17) is 16.3 Å². The summed E-state index contributed by atoms with van der Waals surface area (Å²) in [6, 6.07) is 3.97. The summed E-state index contributed by atoms with van der Waals surface area (Å²) < 4.78 is 42.5. The van der Waals surface area contributed by atoms with Crippen molar-refractivity contribution in [3.05, 3.63) is 46.7 Å². The first-order chi connectivity index (χ1) is 11.8. The number of pyridine rings is 2. The van der Waals surface area contributed by atoms with Gasteiger partial charge < -0.3 is 10.1 Å². The maximum Gasteiger partial charge on any atom is 0.417 e. The molecule has 2 rings (SSSR count). The molecule has 0 saturated heterocycles. The highest BCUT2D eigenvalue weighted by Gasteiger charge is 2.31. The molecule has 2 aromatic rings. The molecular weight excluding hydrogens is 379 g/mol. The Morgan fingerprint density at radius 3 is 2.64 bits per heavy atom. The molecule has 2 aromatic heterocycles. The maximum absolute atomic E-state index is 12.5. The Morgan fingerprint density at radius 1 is 1.32 bits per heavy atom. The molecule has 0 atom stereocenters. The number of hydrogen-bond donors (Lipinski definition) is 1. The first-order valence-electron chi connectivity index (χ1n) is 6.95. The predicted molar refractivity (Wildman–Crippen MR) is 88.1 cm³/mol. The number of carbonyl (C=O) groups is 1. The molecule has 1 amide bonds. The van der Waals surface area contributed by atoms with Crippen LogP contribution in [0.3, 0.4) is 0 Å². The Balaban J connectivity index is 1.83. The molecule has 0 aliphatic heterocycles. The Bertz CT molecular complexity index is 742. The van der Waals surface area contributed by atoms with Crippen LogP contribution < -0.4 is 10.1 Å². The number of ether oxygens (including phenoxy) is 1. The lowest BCUT2D eigenvalue weighted by molar-refractivity contribution is -0.137. The Morgan fingerprint density at radius 2 is 2.08 bits per heavy atom. The molecule has 0 fully saturated rings. The fraction of sp³-hybridized carbons (Fsp3) is 0.267. The van der Waals surface area contributed by atoms with Crippen LogP contribution in [0.2, 0.25) is 5.02 Å². The number of aromatic nitrogens is 2. The maximum atomic E-state index is 12.5. The number of rotatable bonds is 6. The average Bonchev–Trinajstić information content (AvgIpc) is 2.58. The van der Waals surface area contributed by atoms with E-state index in [9.17, 15) is 18.0 Å². The number of hydrogen-bond acceptors (Lipinski definition) is 5. The minimum atomic E-state index is -4.49. The summed E-state index contributed by atoms with van der Waals surface area (Å²) in [6.45, 7) is 0.286. The summed E-state index contributed by atoms with van der Waals surface area (Å²) in [6.07, 6.45) is -2.37. The minimum absolute atomic E-state index is 0.0782. The fourth-order valence-electron chi connectivity index (χ4n) is 1.74. The van der Waals surface area contributed by atoms with E-state index in [1.165, 1.54) is 13.3 Å². The highest BCUT2D eigenvalue weighted by Crippen LogP contribution is 2.33. The Labute approximate surface area is 151 Å². The summed E-state index contributed by atoms with van der Waals surface area (Å²) in [4.78, 5) is 19.5. The predicted octanol–water partition coefficient (Wildman–Crippen LogP) is 3.68. The molecule has 0 spiro atoms. The number of nitrogens with zero attached hydrogens (tertiary/aromatic N) is 2. The number of nitrogens with one attached hydrogen (secondary N) is 1. The second-order valence-electron chi connectivity index (χ2n) is 4.70. The standard InChI is InChI=1S/C15H13ClF3N3O2S/c1-24-12-3-2-9(7-21-12)13(23)20-4-5-25-14-11(16)6-10(8-22-14)15(17,18)19/h2-3,6-8H,4-5H2,1H3,(H,20,23). The lowest BCUT2D eigenvalue weighted by Gasteiger charge is -2.09. The van der Waals surface area contributed by atoms with E-state index in [0.717, 1.165) is 24.0 Å². The first-order valence-corrected chi connectivity index (χ1v) is 8.31. The highest BCUT2D eigenvalue weighted by molar-refractivity contribution is 7.99. The zero-order chi connectivity index (χ0) is 18.4. The number of amides is 1. The monoisotopic (exact) mass is 391 g/mol. The third kappa shape index (κ3) is 5.50. The van der Waals surface area contributed by atoms with Crippen LogP contribution >= 0.6 is 23.4 Å². The van der Waals surface area contributed by atoms with Crippen LogP contribution in [0.15, 0.2) is 35.6 Å². The summed E-state index contributed by atoms with van der Waals surface area (Å²) >= 11 is 6.96. The highest BCUT2D eigenvalue weighted by atomic mass is 35.5. The number of carbonyl (C=O) groups excluding carboxylic acids is 1. The molecule has 0 unspecified atom stereocenters. The third-order valence-corrected chi connectivity index (χ3v) is 4.38. The first kappa shape index (κ1) is 19.3. The van der Waals surface area contributed by atoms with Gasteiger partial charge in [0.1, 0.15) is 5.03 Å². The molecule has 0 aliphatic rings. The molecule has 1 N–H and O–H groups in total. The quantitative estimate of drug-likeness (QED) is 0.601. The summed E-state index contributed by atoms with van der Waals surface area (Å²) in [5, 5.41) is 2.87. The van der Waals surface area contributed by atoms with Crippen molar-refractivity contribution < 1.29 is 22.7 Å². The minimum Gasteiger partial charge on any atom is -0.481 e. The normalized spacial score (nSPS) is 11.2. The van der Waals surface area contributed by atoms with Gasteiger partial charge >= 0.3 is 6.18 Å². The summed E-state index contributed by atoms with van der Waals surface area (Å²) in [5.41, 5.74) is -0.529. The van der Waals surface area contributed by atoms with E-state index < -0.39 is 11.7 Å². The van der Waals surface area contributed by atoms with Crippen molar-refractivity contribution in [3.8, 4) is 5.88 Å². The van der Waals surface area contributed by atoms with Gasteiger partial charge in [0.15, 0.2) is 0 Å². The molecule has 0 aliphatic carbocycles. The fourth-order valence-corrected chi connectivity index (χ4v) is 2.79. The van der Waals surface area contributed by atoms with Crippen molar-refractivity contribution in [2.24, 2.45) is 0 Å². The van der Waals surface area contributed by atoms with Crippen molar-refractivity contribution in [1.29, 1.82) is 0 Å². The van der Waals surface area contributed by atoms with E-state index >= 15 is 0 Å². The van der Waals surface area contributed by atoms with Gasteiger partial charge in [0.05, 0.1) is 23.3 Å². The molecule has 5 nitrogen and oxygen atoms in total. The largest absolute Gasteiger partial charge is 0.481 e. The zero-order valence-electron chi connectivity index (χ0n) is 12.9. The van der Waals surface area contributed by atoms with Crippen LogP contribution in [0.4, 0.5) is 13.2 Å². The van der Waals surface area contributed by atoms with Gasteiger partial charge in [0.25, 0.3) is 5.91 Å². The summed E-state index contributed by atoms with van der Waals surface area (Å²) in [7, 11) is 1.47. The third-order valence-electron chi connectivity index (χ3n) is 2.97. The lowest BCUT2D eigenvalue weighted by Crippen LogP contribution is -2.25. The average molecular weight is 392 g/mol. The van der Waals surface area contributed by atoms with E-state index in [-0.39, 0.29) is 22.5 Å². The van der Waals surface area contributed by atoms with E-state index in [2.05, 4.69) is 15.3 Å². The molecule has 0 radical (unpaired) electrons. The molecule has 2 heterocycles. The van der Waals surface area contributed by atoms with E-state index in [0.29, 0.717) is 17.2 Å². The van der Waals surface area contributed by atoms with Gasteiger partial charge in [-0.15, -0.1) is 11.8 Å². The number of thioether (sulfide) groups is 1. The molecule has 10 heteroatoms. The number of alkyl halides is 3. The van der Waals surface area contributed by atoms with Crippen LogP contribution in [-0.2, 0) is 6.18 Å². The van der Waals surface area contributed by atoms with Crippen LogP contribution in [0, 0.1) is 0 Å². The number of halogens is 4. The van der Waals surface area contributed by atoms with Gasteiger partial charge in [-0.1, -0.05) is 11.6 Å². The molecule has 0 aromatic carbocycles. The van der Waals surface area contributed by atoms with Gasteiger partial charge in [0, 0.05) is 30.8 Å². The Hall–Kier alpha value is -2.00. The SMILES string of the molecule is COc1ccc(C(=O)NCCSc2ncc(C(F)(F)F)cc2Cl)cn1. The number of methoxy groups -OCH3 is 1. The second-order valence-corrected chi connectivity index (χ2v) is 6.19. The van der Waals surface area contributed by atoms with Crippen LogP contribution in [0.25, 0.3) is 0 Å². The van der Waals surface area contributed by atoms with Gasteiger partial charge in [0.2, 0.25) is 5.88 Å². The molecule has 0 saturated carbocycles.